The van der Waals surface area contributed by atoms with Gasteiger partial charge in [0.2, 0.25) is 0 Å². The molecular weight excluding hydrogens is 274 g/mol. The molecule has 1 aliphatic heterocycles. The summed E-state index contributed by atoms with van der Waals surface area (Å²) in [6.07, 6.45) is 7.72. The van der Waals surface area contributed by atoms with E-state index in [0.29, 0.717) is 12.7 Å². The molecule has 2 rings (SSSR count). The van der Waals surface area contributed by atoms with Crippen molar-refractivity contribution < 1.29 is 9.84 Å². The van der Waals surface area contributed by atoms with Crippen LogP contribution in [-0.4, -0.2) is 48.5 Å². The van der Waals surface area contributed by atoms with Gasteiger partial charge in [-0.15, -0.1) is 12.4 Å². The highest BCUT2D eigenvalue weighted by molar-refractivity contribution is 5.85. The third kappa shape index (κ3) is 6.30. The molecule has 0 aromatic heterocycles. The molecule has 0 aromatic carbocycles. The second-order valence-corrected chi connectivity index (χ2v) is 6.91. The van der Waals surface area contributed by atoms with Crippen molar-refractivity contribution >= 4 is 12.4 Å². The molecule has 0 amide bonds. The van der Waals surface area contributed by atoms with E-state index in [1.54, 1.807) is 0 Å². The highest BCUT2D eigenvalue weighted by atomic mass is 35.5. The number of halogens is 1. The standard InChI is InChI=1S/C16H31NO2.ClH/c1-13-8-14(2)10-17(9-13)11-15(18)12-19-16-6-4-3-5-7-16;/h13-16,18H,3-12H2,1-2H3;1H. The number of likely N-dealkylation sites (tertiary alicyclic amines) is 1. The molecule has 3 nitrogen and oxygen atoms in total. The summed E-state index contributed by atoms with van der Waals surface area (Å²) in [6.45, 7) is 8.18. The van der Waals surface area contributed by atoms with Gasteiger partial charge in [0.25, 0.3) is 0 Å². The Kier molecular flexibility index (Phi) is 8.42. The molecule has 120 valence electrons. The van der Waals surface area contributed by atoms with Gasteiger partial charge < -0.3 is 14.7 Å². The molecule has 4 heteroatoms. The highest BCUT2D eigenvalue weighted by Gasteiger charge is 2.24. The minimum atomic E-state index is -0.320. The van der Waals surface area contributed by atoms with Gasteiger partial charge in [-0.2, -0.15) is 0 Å². The summed E-state index contributed by atoms with van der Waals surface area (Å²) < 4.78 is 5.86. The maximum atomic E-state index is 10.1. The second-order valence-electron chi connectivity index (χ2n) is 6.91. The van der Waals surface area contributed by atoms with Crippen molar-refractivity contribution in [2.75, 3.05) is 26.2 Å². The number of hydrogen-bond donors (Lipinski definition) is 1. The molecule has 3 unspecified atom stereocenters. The van der Waals surface area contributed by atoms with Gasteiger partial charge in [-0.25, -0.2) is 0 Å². The molecule has 2 fully saturated rings. The first kappa shape index (κ1) is 18.2. The number of β-amino-alcohol motifs (C(OH)–C–C–N with tert-alkyl or cyclic N) is 1. The Bertz CT molecular complexity index is 249. The zero-order valence-electron chi connectivity index (χ0n) is 13.1. The summed E-state index contributed by atoms with van der Waals surface area (Å²) in [7, 11) is 0. The molecule has 20 heavy (non-hydrogen) atoms. The van der Waals surface area contributed by atoms with Crippen LogP contribution in [0, 0.1) is 11.8 Å². The molecule has 0 bridgehead atoms. The highest BCUT2D eigenvalue weighted by Crippen LogP contribution is 2.22. The smallest absolute Gasteiger partial charge is 0.0900 e. The Morgan fingerprint density at radius 3 is 2.30 bits per heavy atom. The Balaban J connectivity index is 0.00000200. The molecule has 0 aromatic rings. The quantitative estimate of drug-likeness (QED) is 0.847. The van der Waals surface area contributed by atoms with E-state index in [1.807, 2.05) is 0 Å². The van der Waals surface area contributed by atoms with Crippen LogP contribution in [0.2, 0.25) is 0 Å². The summed E-state index contributed by atoms with van der Waals surface area (Å²) in [4.78, 5) is 2.41. The fraction of sp³-hybridized carbons (Fsp3) is 1.00. The lowest BCUT2D eigenvalue weighted by molar-refractivity contribution is -0.0382. The predicted molar refractivity (Wildman–Crippen MR) is 85.5 cm³/mol. The SMILES string of the molecule is CC1CC(C)CN(CC(O)COC2CCCCC2)C1.Cl. The first-order chi connectivity index (χ1) is 9.13. The van der Waals surface area contributed by atoms with Crippen molar-refractivity contribution in [1.82, 2.24) is 4.90 Å². The molecule has 1 N–H and O–H groups in total. The summed E-state index contributed by atoms with van der Waals surface area (Å²) in [5.74, 6) is 1.52. The van der Waals surface area contributed by atoms with E-state index in [1.165, 1.54) is 38.5 Å². The minimum Gasteiger partial charge on any atom is -0.389 e. The van der Waals surface area contributed by atoms with Crippen LogP contribution < -0.4 is 0 Å². The number of aliphatic hydroxyl groups is 1. The van der Waals surface area contributed by atoms with E-state index in [0.717, 1.165) is 31.5 Å². The summed E-state index contributed by atoms with van der Waals surface area (Å²) in [5, 5.41) is 10.1. The van der Waals surface area contributed by atoms with Gasteiger partial charge in [0, 0.05) is 19.6 Å². The minimum absolute atomic E-state index is 0. The Hall–Kier alpha value is 0.170. The molecule has 2 aliphatic rings. The average Bonchev–Trinajstić information content (AvgIpc) is 2.36. The molecular formula is C16H32ClNO2. The summed E-state index contributed by atoms with van der Waals surface area (Å²) >= 11 is 0. The third-order valence-corrected chi connectivity index (χ3v) is 4.49. The lowest BCUT2D eigenvalue weighted by Gasteiger charge is -2.36. The van der Waals surface area contributed by atoms with E-state index >= 15 is 0 Å². The lowest BCUT2D eigenvalue weighted by atomic mass is 9.92. The Morgan fingerprint density at radius 1 is 1.10 bits per heavy atom. The number of ether oxygens (including phenoxy) is 1. The number of nitrogens with zero attached hydrogens (tertiary/aromatic N) is 1. The number of aliphatic hydroxyl groups excluding tert-OH is 1. The monoisotopic (exact) mass is 305 g/mol. The van der Waals surface area contributed by atoms with E-state index < -0.39 is 0 Å². The molecule has 1 saturated carbocycles. The van der Waals surface area contributed by atoms with Crippen LogP contribution in [0.1, 0.15) is 52.4 Å². The van der Waals surface area contributed by atoms with Crippen LogP contribution in [0.25, 0.3) is 0 Å². The maximum absolute atomic E-state index is 10.1. The van der Waals surface area contributed by atoms with E-state index in [9.17, 15) is 5.11 Å². The third-order valence-electron chi connectivity index (χ3n) is 4.49. The van der Waals surface area contributed by atoms with Crippen molar-refractivity contribution in [2.45, 2.75) is 64.6 Å². The molecule has 0 spiro atoms. The van der Waals surface area contributed by atoms with Gasteiger partial charge in [-0.1, -0.05) is 33.1 Å². The molecule has 1 aliphatic carbocycles. The van der Waals surface area contributed by atoms with Gasteiger partial charge in [0.1, 0.15) is 0 Å². The van der Waals surface area contributed by atoms with Crippen LogP contribution in [0.5, 0.6) is 0 Å². The maximum Gasteiger partial charge on any atom is 0.0900 e. The molecule has 1 saturated heterocycles. The summed E-state index contributed by atoms with van der Waals surface area (Å²) in [5.41, 5.74) is 0. The van der Waals surface area contributed by atoms with E-state index in [-0.39, 0.29) is 18.5 Å². The fourth-order valence-corrected chi connectivity index (χ4v) is 3.77. The van der Waals surface area contributed by atoms with E-state index in [2.05, 4.69) is 18.7 Å². The van der Waals surface area contributed by atoms with Crippen molar-refractivity contribution in [3.8, 4) is 0 Å². The topological polar surface area (TPSA) is 32.7 Å². The normalized spacial score (nSPS) is 30.8. The van der Waals surface area contributed by atoms with Crippen LogP contribution in [0.4, 0.5) is 0 Å². The summed E-state index contributed by atoms with van der Waals surface area (Å²) in [6, 6.07) is 0. The van der Waals surface area contributed by atoms with Gasteiger partial charge >= 0.3 is 0 Å². The lowest BCUT2D eigenvalue weighted by Crippen LogP contribution is -2.44. The van der Waals surface area contributed by atoms with Crippen molar-refractivity contribution in [2.24, 2.45) is 11.8 Å². The zero-order chi connectivity index (χ0) is 13.7. The fourth-order valence-electron chi connectivity index (χ4n) is 3.77. The van der Waals surface area contributed by atoms with Crippen LogP contribution in [0.3, 0.4) is 0 Å². The Morgan fingerprint density at radius 2 is 1.70 bits per heavy atom. The largest absolute Gasteiger partial charge is 0.389 e. The number of hydrogen-bond acceptors (Lipinski definition) is 3. The first-order valence-corrected chi connectivity index (χ1v) is 8.15. The second kappa shape index (κ2) is 9.24. The zero-order valence-corrected chi connectivity index (χ0v) is 13.9. The van der Waals surface area contributed by atoms with Gasteiger partial charge in [0.15, 0.2) is 0 Å². The van der Waals surface area contributed by atoms with E-state index in [4.69, 9.17) is 4.74 Å². The average molecular weight is 306 g/mol. The van der Waals surface area contributed by atoms with Crippen molar-refractivity contribution in [3.63, 3.8) is 0 Å². The van der Waals surface area contributed by atoms with Gasteiger partial charge in [-0.3, -0.25) is 0 Å². The van der Waals surface area contributed by atoms with Crippen LogP contribution >= 0.6 is 12.4 Å². The van der Waals surface area contributed by atoms with Gasteiger partial charge in [0.05, 0.1) is 18.8 Å². The Labute approximate surface area is 130 Å². The molecule has 1 heterocycles. The van der Waals surface area contributed by atoms with Gasteiger partial charge in [-0.05, 0) is 31.1 Å². The van der Waals surface area contributed by atoms with Crippen LogP contribution in [-0.2, 0) is 4.74 Å². The predicted octanol–water partition coefficient (Wildman–Crippen LogP) is 3.10. The molecule has 3 atom stereocenters. The van der Waals surface area contributed by atoms with Crippen LogP contribution in [0.15, 0.2) is 0 Å². The number of rotatable bonds is 5. The number of piperidine rings is 1. The van der Waals surface area contributed by atoms with Crippen molar-refractivity contribution in [1.29, 1.82) is 0 Å². The molecule has 0 radical (unpaired) electrons. The van der Waals surface area contributed by atoms with Crippen molar-refractivity contribution in [3.05, 3.63) is 0 Å². The first-order valence-electron chi connectivity index (χ1n) is 8.15.